The molecule has 1 N–H and O–H groups in total. The fourth-order valence-electron chi connectivity index (χ4n) is 2.12. The van der Waals surface area contributed by atoms with Crippen LogP contribution in [-0.4, -0.2) is 19.8 Å². The molecule has 0 aromatic heterocycles. The van der Waals surface area contributed by atoms with Crippen LogP contribution in [-0.2, 0) is 4.74 Å². The van der Waals surface area contributed by atoms with E-state index >= 15 is 0 Å². The van der Waals surface area contributed by atoms with Crippen molar-refractivity contribution in [1.82, 2.24) is 5.32 Å². The van der Waals surface area contributed by atoms with Gasteiger partial charge in [-0.25, -0.2) is 8.78 Å². The minimum Gasteiger partial charge on any atom is -0.376 e. The van der Waals surface area contributed by atoms with E-state index in [9.17, 15) is 8.78 Å². The first-order valence-corrected chi connectivity index (χ1v) is 6.25. The summed E-state index contributed by atoms with van der Waals surface area (Å²) in [5.41, 5.74) is 0.310. The van der Waals surface area contributed by atoms with Crippen molar-refractivity contribution < 1.29 is 13.5 Å². The summed E-state index contributed by atoms with van der Waals surface area (Å²) in [5, 5.41) is 3.02. The molecule has 0 aliphatic carbocycles. The molecule has 0 aliphatic heterocycles. The van der Waals surface area contributed by atoms with Gasteiger partial charge in [-0.1, -0.05) is 13.8 Å². The Kier molecular flexibility index (Phi) is 5.69. The molecule has 1 aromatic rings. The Morgan fingerprint density at radius 2 is 1.94 bits per heavy atom. The minimum absolute atomic E-state index is 0.198. The first-order valence-electron chi connectivity index (χ1n) is 6.25. The molecule has 0 aliphatic rings. The zero-order chi connectivity index (χ0) is 13.7. The molecule has 18 heavy (non-hydrogen) atoms. The van der Waals surface area contributed by atoms with E-state index in [0.717, 1.165) is 12.1 Å². The van der Waals surface area contributed by atoms with Crippen molar-refractivity contribution in [3.8, 4) is 0 Å². The second-order valence-electron chi connectivity index (χ2n) is 4.60. The molecule has 2 atom stereocenters. The van der Waals surface area contributed by atoms with Gasteiger partial charge < -0.3 is 10.1 Å². The zero-order valence-electron chi connectivity index (χ0n) is 11.3. The highest BCUT2D eigenvalue weighted by Gasteiger charge is 2.27. The molecule has 4 heteroatoms. The van der Waals surface area contributed by atoms with Crippen molar-refractivity contribution in [3.63, 3.8) is 0 Å². The van der Waals surface area contributed by atoms with Crippen LogP contribution in [0.25, 0.3) is 0 Å². The summed E-state index contributed by atoms with van der Waals surface area (Å²) >= 11 is 0. The lowest BCUT2D eigenvalue weighted by Gasteiger charge is -2.30. The molecule has 0 bridgehead atoms. The van der Waals surface area contributed by atoms with Gasteiger partial charge in [-0.2, -0.15) is 0 Å². The highest BCUT2D eigenvalue weighted by Crippen LogP contribution is 2.27. The summed E-state index contributed by atoms with van der Waals surface area (Å²) in [6.45, 7) is 6.44. The number of ether oxygens (including phenoxy) is 1. The molecule has 2 nitrogen and oxygen atoms in total. The smallest absolute Gasteiger partial charge is 0.128 e. The van der Waals surface area contributed by atoms with Gasteiger partial charge in [-0.15, -0.1) is 0 Å². The van der Waals surface area contributed by atoms with Gasteiger partial charge in [0.25, 0.3) is 0 Å². The summed E-state index contributed by atoms with van der Waals surface area (Å²) < 4.78 is 32.7. The Labute approximate surface area is 107 Å². The topological polar surface area (TPSA) is 21.3 Å². The van der Waals surface area contributed by atoms with Gasteiger partial charge in [0.2, 0.25) is 0 Å². The Balaban J connectivity index is 3.10. The quantitative estimate of drug-likeness (QED) is 0.844. The maximum Gasteiger partial charge on any atom is 0.128 e. The van der Waals surface area contributed by atoms with Crippen molar-refractivity contribution >= 4 is 0 Å². The van der Waals surface area contributed by atoms with Crippen LogP contribution in [0.2, 0.25) is 0 Å². The third kappa shape index (κ3) is 3.50. The SMILES string of the molecule is CCOC(C(C)C)C(NC)c1cc(F)ccc1F. The van der Waals surface area contributed by atoms with Crippen LogP contribution in [0.1, 0.15) is 32.4 Å². The molecule has 0 spiro atoms. The Hall–Kier alpha value is -1.00. The Morgan fingerprint density at radius 1 is 1.28 bits per heavy atom. The molecule has 1 aromatic carbocycles. The molecule has 0 amide bonds. The molecule has 1 rings (SSSR count). The van der Waals surface area contributed by atoms with Crippen LogP contribution in [0.5, 0.6) is 0 Å². The molecule has 0 saturated heterocycles. The van der Waals surface area contributed by atoms with E-state index in [0.29, 0.717) is 12.2 Å². The predicted molar refractivity (Wildman–Crippen MR) is 68.4 cm³/mol. The van der Waals surface area contributed by atoms with Crippen LogP contribution in [0.4, 0.5) is 8.78 Å². The van der Waals surface area contributed by atoms with Gasteiger partial charge >= 0.3 is 0 Å². The van der Waals surface area contributed by atoms with E-state index in [4.69, 9.17) is 4.74 Å². The average Bonchev–Trinajstić information content (AvgIpc) is 2.33. The maximum absolute atomic E-state index is 13.8. The molecule has 2 unspecified atom stereocenters. The highest BCUT2D eigenvalue weighted by molar-refractivity contribution is 5.23. The van der Waals surface area contributed by atoms with Gasteiger partial charge in [-0.3, -0.25) is 0 Å². The number of benzene rings is 1. The van der Waals surface area contributed by atoms with E-state index in [1.807, 2.05) is 20.8 Å². The molecule has 0 radical (unpaired) electrons. The van der Waals surface area contributed by atoms with E-state index < -0.39 is 11.6 Å². The van der Waals surface area contributed by atoms with Crippen molar-refractivity contribution in [2.75, 3.05) is 13.7 Å². The average molecular weight is 257 g/mol. The summed E-state index contributed by atoms with van der Waals surface area (Å²) in [7, 11) is 1.73. The van der Waals surface area contributed by atoms with E-state index in [1.165, 1.54) is 6.07 Å². The Bertz CT molecular complexity index is 382. The second-order valence-corrected chi connectivity index (χ2v) is 4.60. The third-order valence-electron chi connectivity index (χ3n) is 2.95. The van der Waals surface area contributed by atoms with E-state index in [-0.39, 0.29) is 18.1 Å². The van der Waals surface area contributed by atoms with Crippen molar-refractivity contribution in [2.45, 2.75) is 32.9 Å². The lowest BCUT2D eigenvalue weighted by Crippen LogP contribution is -2.36. The van der Waals surface area contributed by atoms with Crippen LogP contribution >= 0.6 is 0 Å². The monoisotopic (exact) mass is 257 g/mol. The first kappa shape index (κ1) is 15.1. The van der Waals surface area contributed by atoms with Crippen LogP contribution in [0.3, 0.4) is 0 Å². The standard InChI is InChI=1S/C14H21F2NO/c1-5-18-14(9(2)3)13(17-4)11-8-10(15)6-7-12(11)16/h6-9,13-14,17H,5H2,1-4H3. The second kappa shape index (κ2) is 6.81. The summed E-state index contributed by atoms with van der Waals surface area (Å²) in [5.74, 6) is -0.656. The highest BCUT2D eigenvalue weighted by atomic mass is 19.1. The van der Waals surface area contributed by atoms with Gasteiger partial charge in [-0.05, 0) is 38.1 Å². The van der Waals surface area contributed by atoms with Crippen LogP contribution in [0.15, 0.2) is 18.2 Å². The summed E-state index contributed by atoms with van der Waals surface area (Å²) in [6, 6.07) is 3.14. The van der Waals surface area contributed by atoms with Crippen LogP contribution in [0, 0.1) is 17.6 Å². The molecular formula is C14H21F2NO. The number of nitrogens with one attached hydrogen (secondary N) is 1. The third-order valence-corrected chi connectivity index (χ3v) is 2.95. The van der Waals surface area contributed by atoms with Gasteiger partial charge in [0.05, 0.1) is 12.1 Å². The van der Waals surface area contributed by atoms with E-state index in [2.05, 4.69) is 5.32 Å². The lowest BCUT2D eigenvalue weighted by molar-refractivity contribution is 0.00374. The molecule has 102 valence electrons. The molecule has 0 heterocycles. The fourth-order valence-corrected chi connectivity index (χ4v) is 2.12. The normalized spacial score (nSPS) is 14.8. The molecular weight excluding hydrogens is 236 g/mol. The molecule has 0 fully saturated rings. The van der Waals surface area contributed by atoms with Crippen molar-refractivity contribution in [1.29, 1.82) is 0 Å². The first-order chi connectivity index (χ1) is 8.51. The number of hydrogen-bond donors (Lipinski definition) is 1. The number of hydrogen-bond acceptors (Lipinski definition) is 2. The predicted octanol–water partition coefficient (Wildman–Crippen LogP) is 3.29. The van der Waals surface area contributed by atoms with E-state index in [1.54, 1.807) is 7.05 Å². The van der Waals surface area contributed by atoms with Gasteiger partial charge in [0.1, 0.15) is 11.6 Å². The van der Waals surface area contributed by atoms with Crippen molar-refractivity contribution in [2.24, 2.45) is 5.92 Å². The van der Waals surface area contributed by atoms with Gasteiger partial charge in [0.15, 0.2) is 0 Å². The largest absolute Gasteiger partial charge is 0.376 e. The van der Waals surface area contributed by atoms with Crippen molar-refractivity contribution in [3.05, 3.63) is 35.4 Å². The zero-order valence-corrected chi connectivity index (χ0v) is 11.3. The van der Waals surface area contributed by atoms with Crippen LogP contribution < -0.4 is 5.32 Å². The van der Waals surface area contributed by atoms with Gasteiger partial charge in [0, 0.05) is 12.2 Å². The number of rotatable bonds is 6. The molecule has 0 saturated carbocycles. The number of likely N-dealkylation sites (N-methyl/N-ethyl adjacent to an activating group) is 1. The summed E-state index contributed by atoms with van der Waals surface area (Å²) in [6.07, 6.45) is -0.198. The lowest BCUT2D eigenvalue weighted by atomic mass is 9.93. The minimum atomic E-state index is -0.439. The maximum atomic E-state index is 13.8. The Morgan fingerprint density at radius 3 is 2.44 bits per heavy atom. The number of halogens is 2. The fraction of sp³-hybridized carbons (Fsp3) is 0.571. The summed E-state index contributed by atoms with van der Waals surface area (Å²) in [4.78, 5) is 0.